The highest BCUT2D eigenvalue weighted by molar-refractivity contribution is 5.74. The van der Waals surface area contributed by atoms with Crippen LogP contribution in [-0.2, 0) is 4.79 Å². The Balaban J connectivity index is 2.16. The molecule has 0 saturated carbocycles. The largest absolute Gasteiger partial charge is 0.289 e. The number of halogens is 1. The second kappa shape index (κ2) is 6.19. The van der Waals surface area contributed by atoms with Gasteiger partial charge in [0.25, 0.3) is 0 Å². The van der Waals surface area contributed by atoms with Crippen molar-refractivity contribution in [1.82, 2.24) is 0 Å². The number of benzene rings is 2. The molecule has 90 valence electrons. The van der Waals surface area contributed by atoms with Crippen molar-refractivity contribution in [3.63, 3.8) is 0 Å². The normalized spacial score (nSPS) is 8.68. The zero-order chi connectivity index (χ0) is 13.5. The summed E-state index contributed by atoms with van der Waals surface area (Å²) in [4.78, 5) is 10.1. The van der Waals surface area contributed by atoms with Gasteiger partial charge in [-0.15, -0.1) is 0 Å². The maximum absolute atomic E-state index is 12.7. The maximum Gasteiger partial charge on any atom is 0.193 e. The summed E-state index contributed by atoms with van der Waals surface area (Å²) in [7, 11) is 0. The minimum absolute atomic E-state index is 0.274. The van der Waals surface area contributed by atoms with Crippen LogP contribution >= 0.6 is 0 Å². The van der Waals surface area contributed by atoms with Crippen LogP contribution in [0.2, 0.25) is 0 Å². The Kier molecular flexibility index (Phi) is 4.11. The van der Waals surface area contributed by atoms with Crippen LogP contribution in [0.15, 0.2) is 48.5 Å². The van der Waals surface area contributed by atoms with Crippen LogP contribution in [0.4, 0.5) is 4.39 Å². The molecule has 19 heavy (non-hydrogen) atoms. The minimum atomic E-state index is -0.274. The zero-order valence-electron chi connectivity index (χ0n) is 9.98. The van der Waals surface area contributed by atoms with E-state index in [0.717, 1.165) is 16.7 Å². The number of aldehydes is 1. The molecule has 0 aromatic heterocycles. The van der Waals surface area contributed by atoms with E-state index in [0.29, 0.717) is 6.29 Å². The standard InChI is InChI=1S/C17H9FO/c18-17-11-9-16(10-12-17)8-7-15-5-3-14(4-6-15)2-1-13-19/h3-6,9-13H. The summed E-state index contributed by atoms with van der Waals surface area (Å²) in [6.45, 7) is 0. The molecule has 1 nitrogen and oxygen atoms in total. The third kappa shape index (κ3) is 3.84. The summed E-state index contributed by atoms with van der Waals surface area (Å²) in [5, 5.41) is 0. The highest BCUT2D eigenvalue weighted by Gasteiger charge is 1.90. The Morgan fingerprint density at radius 2 is 1.16 bits per heavy atom. The molecule has 0 unspecified atom stereocenters. The lowest BCUT2D eigenvalue weighted by Crippen LogP contribution is -1.79. The van der Waals surface area contributed by atoms with Crippen molar-refractivity contribution < 1.29 is 9.18 Å². The molecule has 0 amide bonds. The summed E-state index contributed by atoms with van der Waals surface area (Å²) in [5.41, 5.74) is 2.35. The summed E-state index contributed by atoms with van der Waals surface area (Å²) >= 11 is 0. The van der Waals surface area contributed by atoms with Crippen molar-refractivity contribution in [1.29, 1.82) is 0 Å². The van der Waals surface area contributed by atoms with E-state index in [-0.39, 0.29) is 5.82 Å². The van der Waals surface area contributed by atoms with Crippen molar-refractivity contribution in [2.45, 2.75) is 0 Å². The van der Waals surface area contributed by atoms with E-state index in [1.54, 1.807) is 24.3 Å². The van der Waals surface area contributed by atoms with E-state index in [1.165, 1.54) is 12.1 Å². The van der Waals surface area contributed by atoms with Gasteiger partial charge in [-0.25, -0.2) is 4.39 Å². The van der Waals surface area contributed by atoms with Gasteiger partial charge < -0.3 is 0 Å². The predicted octanol–water partition coefficient (Wildman–Crippen LogP) is 2.78. The quantitative estimate of drug-likeness (QED) is 0.517. The molecule has 0 atom stereocenters. The molecular formula is C17H9FO. The first-order chi connectivity index (χ1) is 9.28. The van der Waals surface area contributed by atoms with E-state index in [9.17, 15) is 9.18 Å². The molecule has 0 aliphatic carbocycles. The number of rotatable bonds is 0. The fourth-order valence-corrected chi connectivity index (χ4v) is 1.43. The molecule has 0 saturated heterocycles. The summed E-state index contributed by atoms with van der Waals surface area (Å²) < 4.78 is 12.7. The molecule has 0 fully saturated rings. The van der Waals surface area contributed by atoms with Gasteiger partial charge in [0.15, 0.2) is 6.29 Å². The number of hydrogen-bond acceptors (Lipinski definition) is 1. The third-order valence-electron chi connectivity index (χ3n) is 2.36. The molecule has 0 bridgehead atoms. The Morgan fingerprint density at radius 1 is 0.737 bits per heavy atom. The van der Waals surface area contributed by atoms with Gasteiger partial charge in [0.1, 0.15) is 5.82 Å². The Hall–Kier alpha value is -2.84. The molecule has 0 heterocycles. The van der Waals surface area contributed by atoms with Gasteiger partial charge in [-0.2, -0.15) is 0 Å². The fourth-order valence-electron chi connectivity index (χ4n) is 1.43. The molecular weight excluding hydrogens is 239 g/mol. The van der Waals surface area contributed by atoms with Crippen LogP contribution in [0, 0.1) is 29.5 Å². The van der Waals surface area contributed by atoms with Gasteiger partial charge in [-0.3, -0.25) is 4.79 Å². The SMILES string of the molecule is O=CC#Cc1ccc(C#Cc2ccc(F)cc2)cc1. The van der Waals surface area contributed by atoms with Gasteiger partial charge in [0, 0.05) is 16.7 Å². The Labute approximate surface area is 111 Å². The smallest absolute Gasteiger partial charge is 0.193 e. The highest BCUT2D eigenvalue weighted by Crippen LogP contribution is 2.04. The predicted molar refractivity (Wildman–Crippen MR) is 71.8 cm³/mol. The Bertz CT molecular complexity index is 689. The number of hydrogen-bond donors (Lipinski definition) is 0. The minimum Gasteiger partial charge on any atom is -0.289 e. The second-order valence-electron chi connectivity index (χ2n) is 3.72. The van der Waals surface area contributed by atoms with E-state index in [2.05, 4.69) is 23.7 Å². The van der Waals surface area contributed by atoms with E-state index in [1.807, 2.05) is 12.1 Å². The topological polar surface area (TPSA) is 17.1 Å². The number of carbonyl (C=O) groups is 1. The highest BCUT2D eigenvalue weighted by atomic mass is 19.1. The van der Waals surface area contributed by atoms with Crippen molar-refractivity contribution in [3.05, 3.63) is 71.0 Å². The summed E-state index contributed by atoms with van der Waals surface area (Å²) in [5.74, 6) is 10.7. The molecule has 0 radical (unpaired) electrons. The van der Waals surface area contributed by atoms with Crippen molar-refractivity contribution in [3.8, 4) is 23.7 Å². The van der Waals surface area contributed by atoms with Crippen LogP contribution < -0.4 is 0 Å². The average Bonchev–Trinajstić information content (AvgIpc) is 2.46. The van der Waals surface area contributed by atoms with Gasteiger partial charge >= 0.3 is 0 Å². The first kappa shape index (κ1) is 12.6. The van der Waals surface area contributed by atoms with Gasteiger partial charge in [0.05, 0.1) is 0 Å². The van der Waals surface area contributed by atoms with Gasteiger partial charge in [-0.05, 0) is 54.5 Å². The molecule has 2 aromatic carbocycles. The molecule has 0 N–H and O–H groups in total. The molecule has 0 aliphatic heterocycles. The summed E-state index contributed by atoms with van der Waals surface area (Å²) in [6, 6.07) is 13.3. The van der Waals surface area contributed by atoms with Crippen molar-refractivity contribution >= 4 is 6.29 Å². The Morgan fingerprint density at radius 3 is 1.63 bits per heavy atom. The zero-order valence-corrected chi connectivity index (χ0v) is 9.98. The summed E-state index contributed by atoms with van der Waals surface area (Å²) in [6.07, 6.45) is 0.558. The third-order valence-corrected chi connectivity index (χ3v) is 2.36. The number of carbonyl (C=O) groups excluding carboxylic acids is 1. The van der Waals surface area contributed by atoms with Crippen LogP contribution in [0.3, 0.4) is 0 Å². The molecule has 0 aliphatic rings. The lowest BCUT2D eigenvalue weighted by atomic mass is 10.1. The van der Waals surface area contributed by atoms with Crippen LogP contribution in [0.25, 0.3) is 0 Å². The fraction of sp³-hybridized carbons (Fsp3) is 0. The molecule has 2 rings (SSSR count). The van der Waals surface area contributed by atoms with Crippen molar-refractivity contribution in [2.24, 2.45) is 0 Å². The lowest BCUT2D eigenvalue weighted by molar-refractivity contribution is -0.103. The van der Waals surface area contributed by atoms with Crippen molar-refractivity contribution in [2.75, 3.05) is 0 Å². The first-order valence-electron chi connectivity index (χ1n) is 5.61. The van der Waals surface area contributed by atoms with Crippen LogP contribution in [-0.4, -0.2) is 6.29 Å². The molecule has 2 heteroatoms. The second-order valence-corrected chi connectivity index (χ2v) is 3.72. The van der Waals surface area contributed by atoms with Crippen LogP contribution in [0.5, 0.6) is 0 Å². The van der Waals surface area contributed by atoms with E-state index >= 15 is 0 Å². The first-order valence-corrected chi connectivity index (χ1v) is 5.61. The monoisotopic (exact) mass is 248 g/mol. The maximum atomic E-state index is 12.7. The average molecular weight is 248 g/mol. The van der Waals surface area contributed by atoms with Gasteiger partial charge in [0.2, 0.25) is 0 Å². The molecule has 2 aromatic rings. The van der Waals surface area contributed by atoms with Crippen LogP contribution in [0.1, 0.15) is 16.7 Å². The van der Waals surface area contributed by atoms with Gasteiger partial charge in [-0.1, -0.05) is 17.8 Å². The van der Waals surface area contributed by atoms with E-state index < -0.39 is 0 Å². The molecule has 0 spiro atoms. The van der Waals surface area contributed by atoms with E-state index in [4.69, 9.17) is 0 Å². The lowest BCUT2D eigenvalue weighted by Gasteiger charge is -1.92.